The lowest BCUT2D eigenvalue weighted by Crippen LogP contribution is -2.33. The molecule has 0 bridgehead atoms. The summed E-state index contributed by atoms with van der Waals surface area (Å²) in [6.07, 6.45) is 0.322. The number of anilines is 1. The van der Waals surface area contributed by atoms with E-state index in [9.17, 15) is 4.79 Å². The van der Waals surface area contributed by atoms with Gasteiger partial charge < -0.3 is 4.90 Å². The molecule has 0 aliphatic rings. The van der Waals surface area contributed by atoms with E-state index in [1.165, 1.54) is 0 Å². The molecule has 0 heterocycles. The number of nitriles is 1. The van der Waals surface area contributed by atoms with Gasteiger partial charge >= 0.3 is 0 Å². The van der Waals surface area contributed by atoms with Gasteiger partial charge in [-0.3, -0.25) is 4.79 Å². The Bertz CT molecular complexity index is 525. The van der Waals surface area contributed by atoms with Gasteiger partial charge in [-0.05, 0) is 42.4 Å². The molecule has 0 saturated carbocycles. The van der Waals surface area contributed by atoms with E-state index >= 15 is 0 Å². The van der Waals surface area contributed by atoms with Gasteiger partial charge in [0.15, 0.2) is 0 Å². The van der Waals surface area contributed by atoms with Crippen LogP contribution in [-0.2, 0) is 4.79 Å². The summed E-state index contributed by atoms with van der Waals surface area (Å²) in [4.78, 5) is 14.1. The molecule has 0 N–H and O–H groups in total. The van der Waals surface area contributed by atoms with Crippen LogP contribution in [0, 0.1) is 24.2 Å². The summed E-state index contributed by atoms with van der Waals surface area (Å²) in [7, 11) is 0. The van der Waals surface area contributed by atoms with Crippen molar-refractivity contribution < 1.29 is 4.79 Å². The molecule has 1 aromatic carbocycles. The summed E-state index contributed by atoms with van der Waals surface area (Å²) in [5.41, 5.74) is 1.74. The minimum Gasteiger partial charge on any atom is -0.311 e. The van der Waals surface area contributed by atoms with Crippen LogP contribution in [0.25, 0.3) is 0 Å². The molecule has 0 atom stereocenters. The molecule has 1 amide bonds. The van der Waals surface area contributed by atoms with E-state index < -0.39 is 0 Å². The van der Waals surface area contributed by atoms with E-state index in [4.69, 9.17) is 16.9 Å². The fourth-order valence-corrected chi connectivity index (χ4v) is 2.85. The Balaban J connectivity index is 2.81. The highest BCUT2D eigenvalue weighted by molar-refractivity contribution is 7.99. The summed E-state index contributed by atoms with van der Waals surface area (Å²) in [5, 5.41) is 9.46. The Morgan fingerprint density at radius 1 is 1.48 bits per heavy atom. The molecule has 3 nitrogen and oxygen atoms in total. The molecule has 0 radical (unpaired) electrons. The van der Waals surface area contributed by atoms with Crippen LogP contribution in [0.3, 0.4) is 0 Å². The van der Waals surface area contributed by atoms with E-state index in [0.29, 0.717) is 29.7 Å². The number of thioether (sulfide) groups is 1. The molecule has 0 aliphatic carbocycles. The topological polar surface area (TPSA) is 44.1 Å². The number of nitrogens with zero attached hydrogens (tertiary/aromatic N) is 2. The summed E-state index contributed by atoms with van der Waals surface area (Å²) < 4.78 is 0. The number of carbonyl (C=O) groups is 1. The van der Waals surface area contributed by atoms with Crippen LogP contribution in [-0.4, -0.2) is 24.0 Å². The first kappa shape index (κ1) is 17.9. The fourth-order valence-electron chi connectivity index (χ4n) is 1.82. The lowest BCUT2D eigenvalue weighted by molar-refractivity contribution is -0.116. The van der Waals surface area contributed by atoms with Gasteiger partial charge in [-0.15, -0.1) is 0 Å². The molecule has 114 valence electrons. The molecule has 0 saturated heterocycles. The van der Waals surface area contributed by atoms with Crippen LogP contribution in [0.4, 0.5) is 5.69 Å². The molecule has 0 fully saturated rings. The standard InChI is InChI=1S/C16H21ClN2OS/c1-12(2)10-21-11-16(20)19(8-4-7-18)14-5-6-15(17)13(3)9-14/h5-6,9,12H,4,8,10-11H2,1-3H3. The first-order valence-corrected chi connectivity index (χ1v) is 8.50. The number of carbonyl (C=O) groups excluding carboxylic acids is 1. The van der Waals surface area contributed by atoms with Gasteiger partial charge in [0.2, 0.25) is 5.91 Å². The van der Waals surface area contributed by atoms with Gasteiger partial charge in [0, 0.05) is 17.3 Å². The summed E-state index contributed by atoms with van der Waals surface area (Å²) in [5.74, 6) is 1.99. The van der Waals surface area contributed by atoms with E-state index in [0.717, 1.165) is 17.0 Å². The van der Waals surface area contributed by atoms with Crippen molar-refractivity contribution in [2.45, 2.75) is 27.2 Å². The highest BCUT2D eigenvalue weighted by Gasteiger charge is 2.16. The average Bonchev–Trinajstić information content (AvgIpc) is 2.42. The number of amides is 1. The molecule has 5 heteroatoms. The van der Waals surface area contributed by atoms with E-state index in [2.05, 4.69) is 19.9 Å². The van der Waals surface area contributed by atoms with Crippen LogP contribution in [0.5, 0.6) is 0 Å². The smallest absolute Gasteiger partial charge is 0.237 e. The molecule has 1 rings (SSSR count). The molecule has 0 aromatic heterocycles. The van der Waals surface area contributed by atoms with Gasteiger partial charge in [-0.1, -0.05) is 25.4 Å². The van der Waals surface area contributed by atoms with Gasteiger partial charge in [0.05, 0.1) is 18.2 Å². The average molecular weight is 325 g/mol. The van der Waals surface area contributed by atoms with Crippen LogP contribution >= 0.6 is 23.4 Å². The van der Waals surface area contributed by atoms with Crippen molar-refractivity contribution in [3.8, 4) is 6.07 Å². The van der Waals surface area contributed by atoms with Crippen molar-refractivity contribution in [2.75, 3.05) is 23.0 Å². The van der Waals surface area contributed by atoms with Crippen molar-refractivity contribution in [1.29, 1.82) is 5.26 Å². The second-order valence-electron chi connectivity index (χ2n) is 5.30. The molecule has 0 unspecified atom stereocenters. The Morgan fingerprint density at radius 3 is 2.76 bits per heavy atom. The molecule has 0 aliphatic heterocycles. The third kappa shape index (κ3) is 5.99. The van der Waals surface area contributed by atoms with Gasteiger partial charge in [-0.25, -0.2) is 0 Å². The second kappa shape index (κ2) is 8.96. The monoisotopic (exact) mass is 324 g/mol. The fraction of sp³-hybridized carbons (Fsp3) is 0.500. The third-order valence-corrected chi connectivity index (χ3v) is 4.66. The summed E-state index contributed by atoms with van der Waals surface area (Å²) in [6, 6.07) is 7.61. The molecular formula is C16H21ClN2OS. The zero-order valence-electron chi connectivity index (χ0n) is 12.7. The number of hydrogen-bond donors (Lipinski definition) is 0. The highest BCUT2D eigenvalue weighted by atomic mass is 35.5. The van der Waals surface area contributed by atoms with Crippen molar-refractivity contribution in [2.24, 2.45) is 5.92 Å². The van der Waals surface area contributed by atoms with Crippen LogP contribution < -0.4 is 4.90 Å². The Labute approximate surface area is 136 Å². The molecule has 1 aromatic rings. The Kier molecular flexibility index (Phi) is 7.63. The first-order valence-electron chi connectivity index (χ1n) is 6.97. The largest absolute Gasteiger partial charge is 0.311 e. The van der Waals surface area contributed by atoms with Crippen molar-refractivity contribution in [3.05, 3.63) is 28.8 Å². The number of halogens is 1. The summed E-state index contributed by atoms with van der Waals surface area (Å²) >= 11 is 7.66. The van der Waals surface area contributed by atoms with Crippen LogP contribution in [0.15, 0.2) is 18.2 Å². The van der Waals surface area contributed by atoms with Gasteiger partial charge in [0.25, 0.3) is 0 Å². The molecule has 21 heavy (non-hydrogen) atoms. The van der Waals surface area contributed by atoms with E-state index in [1.807, 2.05) is 19.1 Å². The zero-order valence-corrected chi connectivity index (χ0v) is 14.3. The molecule has 0 spiro atoms. The SMILES string of the molecule is Cc1cc(N(CCC#N)C(=O)CSCC(C)C)ccc1Cl. The predicted octanol–water partition coefficient (Wildman–Crippen LogP) is 4.28. The second-order valence-corrected chi connectivity index (χ2v) is 6.73. The van der Waals surface area contributed by atoms with E-state index in [1.54, 1.807) is 22.7 Å². The van der Waals surface area contributed by atoms with Gasteiger partial charge in [-0.2, -0.15) is 17.0 Å². The Hall–Kier alpha value is -1.18. The van der Waals surface area contributed by atoms with E-state index in [-0.39, 0.29) is 5.91 Å². The Morgan fingerprint density at radius 2 is 2.19 bits per heavy atom. The number of hydrogen-bond acceptors (Lipinski definition) is 3. The van der Waals surface area contributed by atoms with Crippen molar-refractivity contribution >= 4 is 35.0 Å². The minimum absolute atomic E-state index is 0.0395. The van der Waals surface area contributed by atoms with Crippen molar-refractivity contribution in [1.82, 2.24) is 0 Å². The van der Waals surface area contributed by atoms with Crippen molar-refractivity contribution in [3.63, 3.8) is 0 Å². The minimum atomic E-state index is 0.0395. The maximum atomic E-state index is 12.4. The number of rotatable bonds is 7. The van der Waals surface area contributed by atoms with Gasteiger partial charge in [0.1, 0.15) is 0 Å². The number of benzene rings is 1. The normalized spacial score (nSPS) is 10.5. The van der Waals surface area contributed by atoms with Crippen LogP contribution in [0.1, 0.15) is 25.8 Å². The highest BCUT2D eigenvalue weighted by Crippen LogP contribution is 2.23. The molecular weight excluding hydrogens is 304 g/mol. The summed E-state index contributed by atoms with van der Waals surface area (Å²) in [6.45, 7) is 6.59. The maximum absolute atomic E-state index is 12.4. The predicted molar refractivity (Wildman–Crippen MR) is 90.9 cm³/mol. The van der Waals surface area contributed by atoms with Crippen LogP contribution in [0.2, 0.25) is 5.02 Å². The first-order chi connectivity index (χ1) is 9.95. The zero-order chi connectivity index (χ0) is 15.8. The number of aryl methyl sites for hydroxylation is 1. The third-order valence-electron chi connectivity index (χ3n) is 2.88. The lowest BCUT2D eigenvalue weighted by Gasteiger charge is -2.22. The lowest BCUT2D eigenvalue weighted by atomic mass is 10.2. The quantitative estimate of drug-likeness (QED) is 0.751. The maximum Gasteiger partial charge on any atom is 0.237 e.